The van der Waals surface area contributed by atoms with Crippen LogP contribution in [-0.4, -0.2) is 58.3 Å². The quantitative estimate of drug-likeness (QED) is 0.886. The molecule has 0 saturated carbocycles. The van der Waals surface area contributed by atoms with Gasteiger partial charge in [0.2, 0.25) is 5.95 Å². The monoisotopic (exact) mass is 264 g/mol. The van der Waals surface area contributed by atoms with E-state index in [-0.39, 0.29) is 5.54 Å². The van der Waals surface area contributed by atoms with E-state index in [0.29, 0.717) is 5.95 Å². The summed E-state index contributed by atoms with van der Waals surface area (Å²) < 4.78 is 0. The van der Waals surface area contributed by atoms with Gasteiger partial charge in [0.1, 0.15) is 0 Å². The summed E-state index contributed by atoms with van der Waals surface area (Å²) in [6.45, 7) is 13.8. The van der Waals surface area contributed by atoms with Crippen molar-refractivity contribution < 1.29 is 0 Å². The first-order chi connectivity index (χ1) is 8.98. The average molecular weight is 264 g/mol. The maximum absolute atomic E-state index is 4.56. The number of piperazine rings is 1. The van der Waals surface area contributed by atoms with Crippen LogP contribution in [0.25, 0.3) is 0 Å². The van der Waals surface area contributed by atoms with Crippen molar-refractivity contribution in [3.8, 4) is 0 Å². The number of nitrogens with one attached hydrogen (secondary N) is 1. The molecule has 1 aromatic rings. The highest BCUT2D eigenvalue weighted by Gasteiger charge is 2.18. The SMILES string of the molecule is CCN1CCN(c2cnnc(NC(C)(C)C)n2)CC1. The summed E-state index contributed by atoms with van der Waals surface area (Å²) in [6, 6.07) is 0. The molecule has 0 amide bonds. The number of hydrogen-bond acceptors (Lipinski definition) is 6. The molecule has 2 heterocycles. The van der Waals surface area contributed by atoms with Gasteiger partial charge in [0, 0.05) is 31.7 Å². The second-order valence-corrected chi connectivity index (χ2v) is 5.93. The van der Waals surface area contributed by atoms with Crippen LogP contribution >= 0.6 is 0 Å². The standard InChI is InChI=1S/C13H24N6/c1-5-18-6-8-19(9-7-18)11-10-14-17-12(15-11)16-13(2,3)4/h10H,5-9H2,1-4H3,(H,15,16,17). The van der Waals surface area contributed by atoms with Crippen LogP contribution < -0.4 is 10.2 Å². The van der Waals surface area contributed by atoms with Crippen LogP contribution in [0, 0.1) is 0 Å². The number of hydrogen-bond donors (Lipinski definition) is 1. The Morgan fingerprint density at radius 2 is 1.89 bits per heavy atom. The molecule has 106 valence electrons. The van der Waals surface area contributed by atoms with Crippen molar-refractivity contribution in [3.05, 3.63) is 6.20 Å². The Morgan fingerprint density at radius 3 is 2.47 bits per heavy atom. The summed E-state index contributed by atoms with van der Waals surface area (Å²) in [5, 5.41) is 11.4. The predicted octanol–water partition coefficient (Wildman–Crippen LogP) is 1.22. The number of rotatable bonds is 3. The van der Waals surface area contributed by atoms with Gasteiger partial charge in [0.15, 0.2) is 5.82 Å². The number of aromatic nitrogens is 3. The summed E-state index contributed by atoms with van der Waals surface area (Å²) in [5.74, 6) is 1.51. The van der Waals surface area contributed by atoms with Crippen LogP contribution in [0.4, 0.5) is 11.8 Å². The van der Waals surface area contributed by atoms with E-state index in [2.05, 4.69) is 58.0 Å². The van der Waals surface area contributed by atoms with E-state index >= 15 is 0 Å². The molecule has 0 radical (unpaired) electrons. The lowest BCUT2D eigenvalue weighted by Gasteiger charge is -2.34. The molecule has 0 aliphatic carbocycles. The minimum Gasteiger partial charge on any atom is -0.353 e. The molecule has 0 aromatic carbocycles. The van der Waals surface area contributed by atoms with Gasteiger partial charge in [-0.25, -0.2) is 0 Å². The van der Waals surface area contributed by atoms with Gasteiger partial charge in [-0.05, 0) is 27.3 Å². The molecule has 1 N–H and O–H groups in total. The third kappa shape index (κ3) is 4.02. The lowest BCUT2D eigenvalue weighted by Crippen LogP contribution is -2.46. The van der Waals surface area contributed by atoms with Crippen LogP contribution in [0.1, 0.15) is 27.7 Å². The Morgan fingerprint density at radius 1 is 1.21 bits per heavy atom. The molecule has 0 bridgehead atoms. The first kappa shape index (κ1) is 14.0. The van der Waals surface area contributed by atoms with E-state index < -0.39 is 0 Å². The van der Waals surface area contributed by atoms with Crippen molar-refractivity contribution in [2.45, 2.75) is 33.2 Å². The van der Waals surface area contributed by atoms with Gasteiger partial charge in [-0.3, -0.25) is 0 Å². The number of nitrogens with zero attached hydrogens (tertiary/aromatic N) is 5. The highest BCUT2D eigenvalue weighted by Crippen LogP contribution is 2.15. The molecule has 6 heteroatoms. The third-order valence-electron chi connectivity index (χ3n) is 3.18. The maximum Gasteiger partial charge on any atom is 0.245 e. The fraction of sp³-hybridized carbons (Fsp3) is 0.769. The van der Waals surface area contributed by atoms with Crippen LogP contribution in [0.3, 0.4) is 0 Å². The molecule has 6 nitrogen and oxygen atoms in total. The first-order valence-electron chi connectivity index (χ1n) is 6.93. The van der Waals surface area contributed by atoms with Gasteiger partial charge >= 0.3 is 0 Å². The highest BCUT2D eigenvalue weighted by atomic mass is 15.3. The van der Waals surface area contributed by atoms with Crippen LogP contribution in [0.5, 0.6) is 0 Å². The van der Waals surface area contributed by atoms with Crippen molar-refractivity contribution in [2.75, 3.05) is 42.9 Å². The largest absolute Gasteiger partial charge is 0.353 e. The van der Waals surface area contributed by atoms with Crippen molar-refractivity contribution in [1.29, 1.82) is 0 Å². The third-order valence-corrected chi connectivity index (χ3v) is 3.18. The van der Waals surface area contributed by atoms with Crippen LogP contribution in [-0.2, 0) is 0 Å². The zero-order chi connectivity index (χ0) is 13.9. The molecule has 2 rings (SSSR count). The molecular weight excluding hydrogens is 240 g/mol. The molecule has 19 heavy (non-hydrogen) atoms. The zero-order valence-corrected chi connectivity index (χ0v) is 12.3. The lowest BCUT2D eigenvalue weighted by molar-refractivity contribution is 0.270. The highest BCUT2D eigenvalue weighted by molar-refractivity contribution is 5.41. The summed E-state index contributed by atoms with van der Waals surface area (Å²) >= 11 is 0. The van der Waals surface area contributed by atoms with E-state index in [1.807, 2.05) is 0 Å². The minimum atomic E-state index is -0.0544. The van der Waals surface area contributed by atoms with E-state index in [0.717, 1.165) is 38.5 Å². The van der Waals surface area contributed by atoms with Gasteiger partial charge in [0.25, 0.3) is 0 Å². The average Bonchev–Trinajstić information content (AvgIpc) is 2.37. The Kier molecular flexibility index (Phi) is 4.19. The van der Waals surface area contributed by atoms with Crippen molar-refractivity contribution in [3.63, 3.8) is 0 Å². The molecule has 1 saturated heterocycles. The molecule has 0 atom stereocenters. The summed E-state index contributed by atoms with van der Waals surface area (Å²) in [6.07, 6.45) is 1.75. The van der Waals surface area contributed by atoms with Gasteiger partial charge in [-0.2, -0.15) is 10.1 Å². The van der Waals surface area contributed by atoms with Crippen molar-refractivity contribution >= 4 is 11.8 Å². The van der Waals surface area contributed by atoms with Crippen LogP contribution in [0.15, 0.2) is 6.20 Å². The molecule has 0 unspecified atom stereocenters. The van der Waals surface area contributed by atoms with E-state index in [1.54, 1.807) is 6.20 Å². The number of anilines is 2. The summed E-state index contributed by atoms with van der Waals surface area (Å²) in [7, 11) is 0. The number of likely N-dealkylation sites (N-methyl/N-ethyl adjacent to an activating group) is 1. The summed E-state index contributed by atoms with van der Waals surface area (Å²) in [5.41, 5.74) is -0.0544. The van der Waals surface area contributed by atoms with Crippen LogP contribution in [0.2, 0.25) is 0 Å². The van der Waals surface area contributed by atoms with Gasteiger partial charge in [-0.1, -0.05) is 6.92 Å². The molecule has 0 spiro atoms. The van der Waals surface area contributed by atoms with Gasteiger partial charge in [-0.15, -0.1) is 5.10 Å². The Hall–Kier alpha value is -1.43. The first-order valence-corrected chi connectivity index (χ1v) is 6.93. The molecule has 1 fully saturated rings. The second kappa shape index (κ2) is 5.69. The van der Waals surface area contributed by atoms with E-state index in [1.165, 1.54) is 0 Å². The topological polar surface area (TPSA) is 57.2 Å². The fourth-order valence-corrected chi connectivity index (χ4v) is 2.13. The normalized spacial score (nSPS) is 17.6. The minimum absolute atomic E-state index is 0.0544. The second-order valence-electron chi connectivity index (χ2n) is 5.93. The van der Waals surface area contributed by atoms with Crippen molar-refractivity contribution in [2.24, 2.45) is 0 Å². The fourth-order valence-electron chi connectivity index (χ4n) is 2.13. The molecule has 1 aliphatic rings. The van der Waals surface area contributed by atoms with E-state index in [9.17, 15) is 0 Å². The predicted molar refractivity (Wildman–Crippen MR) is 77.5 cm³/mol. The summed E-state index contributed by atoms with van der Waals surface area (Å²) in [4.78, 5) is 9.27. The molecular formula is C13H24N6. The van der Waals surface area contributed by atoms with Gasteiger partial charge in [0.05, 0.1) is 6.20 Å². The maximum atomic E-state index is 4.56. The van der Waals surface area contributed by atoms with Gasteiger partial charge < -0.3 is 15.1 Å². The molecule has 1 aliphatic heterocycles. The van der Waals surface area contributed by atoms with Crippen molar-refractivity contribution in [1.82, 2.24) is 20.1 Å². The lowest BCUT2D eigenvalue weighted by atomic mass is 10.1. The molecule has 1 aromatic heterocycles. The Bertz CT molecular complexity index is 406. The van der Waals surface area contributed by atoms with E-state index in [4.69, 9.17) is 0 Å². The Balaban J connectivity index is 2.03. The zero-order valence-electron chi connectivity index (χ0n) is 12.3. The Labute approximate surface area is 115 Å². The smallest absolute Gasteiger partial charge is 0.245 e.